The van der Waals surface area contributed by atoms with Crippen LogP contribution >= 0.6 is 0 Å². The second-order valence-corrected chi connectivity index (χ2v) is 6.29. The van der Waals surface area contributed by atoms with Crippen molar-refractivity contribution < 1.29 is 13.2 Å². The maximum absolute atomic E-state index is 12.6. The molecule has 2 heterocycles. The van der Waals surface area contributed by atoms with E-state index in [4.69, 9.17) is 0 Å². The molecule has 2 aromatic rings. The van der Waals surface area contributed by atoms with Crippen LogP contribution in [0.3, 0.4) is 0 Å². The normalized spacial score (nSPS) is 16.6. The Morgan fingerprint density at radius 2 is 1.65 bits per heavy atom. The zero-order valence-corrected chi connectivity index (χ0v) is 14.4. The van der Waals surface area contributed by atoms with Gasteiger partial charge in [-0.05, 0) is 11.6 Å². The molecule has 0 radical (unpaired) electrons. The van der Waals surface area contributed by atoms with Gasteiger partial charge in [-0.25, -0.2) is 9.97 Å². The summed E-state index contributed by atoms with van der Waals surface area (Å²) in [4.78, 5) is 12.1. The van der Waals surface area contributed by atoms with E-state index in [2.05, 4.69) is 37.2 Å². The minimum absolute atomic E-state index is 0.0162. The summed E-state index contributed by atoms with van der Waals surface area (Å²) >= 11 is 0. The minimum Gasteiger partial charge on any atom is -0.353 e. The van der Waals surface area contributed by atoms with Crippen LogP contribution < -0.4 is 5.32 Å². The van der Waals surface area contributed by atoms with Crippen molar-refractivity contribution in [1.29, 1.82) is 0 Å². The molecule has 0 spiro atoms. The Hall–Kier alpha value is -2.19. The molecule has 0 saturated carbocycles. The average molecular weight is 365 g/mol. The number of anilines is 1. The van der Waals surface area contributed by atoms with Crippen molar-refractivity contribution in [1.82, 2.24) is 19.8 Å². The maximum atomic E-state index is 12.6. The van der Waals surface area contributed by atoms with E-state index in [0.29, 0.717) is 6.54 Å². The fourth-order valence-corrected chi connectivity index (χ4v) is 2.94. The SMILES string of the molecule is FC(F)(F)c1ccnc(NCCN2CCN(Cc3ccccc3)CC2)n1. The fraction of sp³-hybridized carbons (Fsp3) is 0.444. The molecule has 140 valence electrons. The van der Waals surface area contributed by atoms with E-state index in [1.807, 2.05) is 18.2 Å². The summed E-state index contributed by atoms with van der Waals surface area (Å²) in [6.45, 7) is 6.06. The number of halogens is 3. The quantitative estimate of drug-likeness (QED) is 0.853. The second kappa shape index (κ2) is 8.46. The molecule has 0 aliphatic carbocycles. The van der Waals surface area contributed by atoms with Gasteiger partial charge in [0.25, 0.3) is 0 Å². The van der Waals surface area contributed by atoms with Gasteiger partial charge in [0.2, 0.25) is 5.95 Å². The van der Waals surface area contributed by atoms with E-state index in [1.54, 1.807) is 0 Å². The van der Waals surface area contributed by atoms with Crippen LogP contribution in [0.25, 0.3) is 0 Å². The van der Waals surface area contributed by atoms with Gasteiger partial charge >= 0.3 is 6.18 Å². The molecule has 1 aromatic heterocycles. The number of rotatable bonds is 6. The van der Waals surface area contributed by atoms with Gasteiger partial charge in [-0.1, -0.05) is 30.3 Å². The van der Waals surface area contributed by atoms with Crippen LogP contribution in [0.1, 0.15) is 11.3 Å². The Morgan fingerprint density at radius 1 is 0.962 bits per heavy atom. The van der Waals surface area contributed by atoms with Crippen LogP contribution in [0.2, 0.25) is 0 Å². The Kier molecular flexibility index (Phi) is 6.05. The first kappa shape index (κ1) is 18.6. The van der Waals surface area contributed by atoms with Crippen molar-refractivity contribution in [3.8, 4) is 0 Å². The van der Waals surface area contributed by atoms with Crippen LogP contribution in [-0.2, 0) is 12.7 Å². The fourth-order valence-electron chi connectivity index (χ4n) is 2.94. The molecule has 1 aliphatic heterocycles. The average Bonchev–Trinajstić information content (AvgIpc) is 2.64. The molecular formula is C18H22F3N5. The van der Waals surface area contributed by atoms with Crippen LogP contribution in [0.15, 0.2) is 42.6 Å². The molecule has 0 amide bonds. The Morgan fingerprint density at radius 3 is 2.35 bits per heavy atom. The molecule has 1 aromatic carbocycles. The summed E-state index contributed by atoms with van der Waals surface area (Å²) in [6.07, 6.45) is -3.32. The summed E-state index contributed by atoms with van der Waals surface area (Å²) in [5, 5.41) is 2.88. The van der Waals surface area contributed by atoms with Gasteiger partial charge in [0.05, 0.1) is 0 Å². The van der Waals surface area contributed by atoms with E-state index < -0.39 is 11.9 Å². The third kappa shape index (κ3) is 5.40. The van der Waals surface area contributed by atoms with Gasteiger partial charge < -0.3 is 5.32 Å². The Labute approximate surface area is 150 Å². The molecule has 1 saturated heterocycles. The monoisotopic (exact) mass is 365 g/mol. The summed E-state index contributed by atoms with van der Waals surface area (Å²) in [7, 11) is 0. The van der Waals surface area contributed by atoms with Crippen LogP contribution in [-0.4, -0.2) is 59.0 Å². The molecule has 1 aliphatic rings. The molecule has 26 heavy (non-hydrogen) atoms. The number of hydrogen-bond donors (Lipinski definition) is 1. The van der Waals surface area contributed by atoms with E-state index in [1.165, 1.54) is 5.56 Å². The molecule has 0 unspecified atom stereocenters. The van der Waals surface area contributed by atoms with Gasteiger partial charge in [0.1, 0.15) is 5.69 Å². The predicted octanol–water partition coefficient (Wildman–Crippen LogP) is 2.73. The van der Waals surface area contributed by atoms with Crippen molar-refractivity contribution in [2.75, 3.05) is 44.6 Å². The first-order chi connectivity index (χ1) is 12.5. The van der Waals surface area contributed by atoms with Crippen LogP contribution in [0, 0.1) is 0 Å². The molecule has 0 atom stereocenters. The summed E-state index contributed by atoms with van der Waals surface area (Å²) < 4.78 is 37.9. The van der Waals surface area contributed by atoms with Gasteiger partial charge in [-0.2, -0.15) is 13.2 Å². The van der Waals surface area contributed by atoms with E-state index in [9.17, 15) is 13.2 Å². The molecular weight excluding hydrogens is 343 g/mol. The molecule has 8 heteroatoms. The van der Waals surface area contributed by atoms with Crippen molar-refractivity contribution in [3.63, 3.8) is 0 Å². The lowest BCUT2D eigenvalue weighted by atomic mass is 10.2. The highest BCUT2D eigenvalue weighted by atomic mass is 19.4. The van der Waals surface area contributed by atoms with Gasteiger partial charge in [0, 0.05) is 52.0 Å². The maximum Gasteiger partial charge on any atom is 0.433 e. The van der Waals surface area contributed by atoms with Crippen molar-refractivity contribution >= 4 is 5.95 Å². The predicted molar refractivity (Wildman–Crippen MR) is 93.7 cm³/mol. The van der Waals surface area contributed by atoms with Crippen molar-refractivity contribution in [3.05, 3.63) is 53.9 Å². The van der Waals surface area contributed by atoms with Crippen molar-refractivity contribution in [2.45, 2.75) is 12.7 Å². The smallest absolute Gasteiger partial charge is 0.353 e. The number of aromatic nitrogens is 2. The first-order valence-electron chi connectivity index (χ1n) is 8.63. The number of benzene rings is 1. The third-order valence-corrected chi connectivity index (χ3v) is 4.37. The van der Waals surface area contributed by atoms with E-state index >= 15 is 0 Å². The minimum atomic E-state index is -4.45. The summed E-state index contributed by atoms with van der Waals surface area (Å²) in [5.41, 5.74) is 0.383. The van der Waals surface area contributed by atoms with Gasteiger partial charge in [0.15, 0.2) is 0 Å². The Balaban J connectivity index is 1.39. The highest BCUT2D eigenvalue weighted by molar-refractivity contribution is 5.25. The zero-order chi connectivity index (χ0) is 18.4. The second-order valence-electron chi connectivity index (χ2n) is 6.29. The van der Waals surface area contributed by atoms with Crippen LogP contribution in [0.5, 0.6) is 0 Å². The topological polar surface area (TPSA) is 44.3 Å². The highest BCUT2D eigenvalue weighted by Crippen LogP contribution is 2.27. The first-order valence-corrected chi connectivity index (χ1v) is 8.63. The largest absolute Gasteiger partial charge is 0.433 e. The zero-order valence-electron chi connectivity index (χ0n) is 14.4. The van der Waals surface area contributed by atoms with Gasteiger partial charge in [-0.3, -0.25) is 9.80 Å². The highest BCUT2D eigenvalue weighted by Gasteiger charge is 2.32. The molecule has 3 rings (SSSR count). The number of alkyl halides is 3. The van der Waals surface area contributed by atoms with E-state index in [0.717, 1.165) is 51.5 Å². The molecule has 1 fully saturated rings. The third-order valence-electron chi connectivity index (χ3n) is 4.37. The number of hydrogen-bond acceptors (Lipinski definition) is 5. The summed E-state index contributed by atoms with van der Waals surface area (Å²) in [6, 6.07) is 11.2. The number of nitrogens with zero attached hydrogens (tertiary/aromatic N) is 4. The van der Waals surface area contributed by atoms with E-state index in [-0.39, 0.29) is 5.95 Å². The lowest BCUT2D eigenvalue weighted by Crippen LogP contribution is -2.47. The lowest BCUT2D eigenvalue weighted by molar-refractivity contribution is -0.141. The standard InChI is InChI=1S/C18H22F3N5/c19-18(20,21)16-6-7-22-17(24-16)23-8-9-25-10-12-26(13-11-25)14-15-4-2-1-3-5-15/h1-7H,8-14H2,(H,22,23,24). The number of nitrogens with one attached hydrogen (secondary N) is 1. The molecule has 5 nitrogen and oxygen atoms in total. The van der Waals surface area contributed by atoms with Crippen molar-refractivity contribution in [2.24, 2.45) is 0 Å². The Bertz CT molecular complexity index is 685. The summed E-state index contributed by atoms with van der Waals surface area (Å²) in [5.74, 6) is 0.0162. The van der Waals surface area contributed by atoms with Crippen LogP contribution in [0.4, 0.5) is 19.1 Å². The number of piperazine rings is 1. The van der Waals surface area contributed by atoms with Gasteiger partial charge in [-0.15, -0.1) is 0 Å². The molecule has 0 bridgehead atoms. The molecule has 1 N–H and O–H groups in total. The lowest BCUT2D eigenvalue weighted by Gasteiger charge is -2.34.